The molecule has 0 amide bonds. The van der Waals surface area contributed by atoms with Gasteiger partial charge in [0.05, 0.1) is 0 Å². The van der Waals surface area contributed by atoms with Gasteiger partial charge in [0, 0.05) is 18.9 Å². The highest BCUT2D eigenvalue weighted by Gasteiger charge is 2.14. The van der Waals surface area contributed by atoms with E-state index >= 15 is 0 Å². The zero-order valence-corrected chi connectivity index (χ0v) is 11.4. The van der Waals surface area contributed by atoms with Crippen LogP contribution in [0.5, 0.6) is 0 Å². The van der Waals surface area contributed by atoms with Gasteiger partial charge in [0.1, 0.15) is 0 Å². The number of nitrogens with one attached hydrogen (secondary N) is 1. The molecule has 3 nitrogen and oxygen atoms in total. The number of hydrogen-bond donors (Lipinski definition) is 1. The minimum absolute atomic E-state index is 0.928. The molecule has 1 fully saturated rings. The molecule has 2 heterocycles. The smallest absolute Gasteiger partial charge is 0.0271 e. The molecule has 0 unspecified atom stereocenters. The van der Waals surface area contributed by atoms with Gasteiger partial charge in [-0.25, -0.2) is 0 Å². The van der Waals surface area contributed by atoms with E-state index in [-0.39, 0.29) is 0 Å². The molecule has 0 atom stereocenters. The Morgan fingerprint density at radius 2 is 2.00 bits per heavy atom. The van der Waals surface area contributed by atoms with Crippen LogP contribution in [-0.2, 0) is 6.54 Å². The second kappa shape index (κ2) is 7.49. The van der Waals surface area contributed by atoms with Gasteiger partial charge in [0.25, 0.3) is 0 Å². The number of nitrogens with zero attached hydrogens (tertiary/aromatic N) is 2. The Labute approximate surface area is 111 Å². The highest BCUT2D eigenvalue weighted by atomic mass is 15.1. The largest absolute Gasteiger partial charge is 0.317 e. The van der Waals surface area contributed by atoms with Gasteiger partial charge in [0.15, 0.2) is 0 Å². The molecule has 0 radical (unpaired) electrons. The van der Waals surface area contributed by atoms with E-state index < -0.39 is 0 Å². The van der Waals surface area contributed by atoms with E-state index in [1.165, 1.54) is 44.5 Å². The molecule has 0 saturated carbocycles. The average Bonchev–Trinajstić information content (AvgIpc) is 2.45. The first-order chi connectivity index (χ1) is 8.88. The second-order valence-corrected chi connectivity index (χ2v) is 5.21. The van der Waals surface area contributed by atoms with Gasteiger partial charge in [-0.15, -0.1) is 0 Å². The fourth-order valence-electron chi connectivity index (χ4n) is 2.63. The minimum Gasteiger partial charge on any atom is -0.317 e. The molecule has 1 saturated heterocycles. The zero-order chi connectivity index (χ0) is 12.6. The van der Waals surface area contributed by atoms with Crippen molar-refractivity contribution in [3.63, 3.8) is 0 Å². The lowest BCUT2D eigenvalue weighted by atomic mass is 9.94. The Balaban J connectivity index is 1.75. The third-order valence-corrected chi connectivity index (χ3v) is 3.92. The van der Waals surface area contributed by atoms with Crippen molar-refractivity contribution in [2.75, 3.05) is 26.2 Å². The van der Waals surface area contributed by atoms with Crippen LogP contribution in [0.1, 0.15) is 31.7 Å². The van der Waals surface area contributed by atoms with Gasteiger partial charge >= 0.3 is 0 Å². The highest BCUT2D eigenvalue weighted by molar-refractivity contribution is 5.09. The summed E-state index contributed by atoms with van der Waals surface area (Å²) in [5, 5.41) is 3.44. The Morgan fingerprint density at radius 3 is 2.67 bits per heavy atom. The van der Waals surface area contributed by atoms with E-state index in [0.29, 0.717) is 0 Å². The highest BCUT2D eigenvalue weighted by Crippen LogP contribution is 2.17. The van der Waals surface area contributed by atoms with Crippen LogP contribution < -0.4 is 5.32 Å². The molecule has 18 heavy (non-hydrogen) atoms. The van der Waals surface area contributed by atoms with Gasteiger partial charge < -0.3 is 5.32 Å². The van der Waals surface area contributed by atoms with E-state index in [4.69, 9.17) is 0 Å². The molecular weight excluding hydrogens is 222 g/mol. The maximum Gasteiger partial charge on any atom is 0.0271 e. The molecule has 0 spiro atoms. The lowest BCUT2D eigenvalue weighted by molar-refractivity contribution is 0.237. The normalized spacial score (nSPS) is 17.2. The number of aromatic nitrogens is 1. The second-order valence-electron chi connectivity index (χ2n) is 5.21. The van der Waals surface area contributed by atoms with Crippen LogP contribution in [0.3, 0.4) is 0 Å². The third-order valence-electron chi connectivity index (χ3n) is 3.92. The summed E-state index contributed by atoms with van der Waals surface area (Å²) >= 11 is 0. The molecule has 1 aliphatic rings. The van der Waals surface area contributed by atoms with Gasteiger partial charge in [0.2, 0.25) is 0 Å². The molecule has 2 rings (SSSR count). The van der Waals surface area contributed by atoms with Crippen molar-refractivity contribution < 1.29 is 0 Å². The Bertz CT molecular complexity index is 320. The Kier molecular flexibility index (Phi) is 5.62. The number of hydrogen-bond acceptors (Lipinski definition) is 3. The lowest BCUT2D eigenvalue weighted by Crippen LogP contribution is -2.31. The summed E-state index contributed by atoms with van der Waals surface area (Å²) in [6.07, 6.45) is 7.83. The van der Waals surface area contributed by atoms with Crippen LogP contribution in [0.15, 0.2) is 24.5 Å². The fraction of sp³-hybridized carbons (Fsp3) is 0.667. The molecule has 0 aliphatic carbocycles. The predicted molar refractivity (Wildman–Crippen MR) is 75.4 cm³/mol. The van der Waals surface area contributed by atoms with E-state index in [2.05, 4.69) is 34.3 Å². The van der Waals surface area contributed by atoms with Crippen LogP contribution in [0, 0.1) is 5.92 Å². The van der Waals surface area contributed by atoms with Crippen LogP contribution >= 0.6 is 0 Å². The molecular formula is C15H25N3. The summed E-state index contributed by atoms with van der Waals surface area (Å²) in [4.78, 5) is 6.61. The quantitative estimate of drug-likeness (QED) is 0.836. The molecule has 0 aromatic carbocycles. The minimum atomic E-state index is 0.928. The third kappa shape index (κ3) is 4.39. The molecule has 1 aliphatic heterocycles. The van der Waals surface area contributed by atoms with Crippen LogP contribution in [0.4, 0.5) is 0 Å². The number of rotatable bonds is 6. The number of piperidine rings is 1. The van der Waals surface area contributed by atoms with Crippen molar-refractivity contribution in [2.45, 2.75) is 32.7 Å². The van der Waals surface area contributed by atoms with Gasteiger partial charge in [-0.3, -0.25) is 9.88 Å². The van der Waals surface area contributed by atoms with Crippen molar-refractivity contribution in [1.29, 1.82) is 0 Å². The molecule has 1 aromatic rings. The van der Waals surface area contributed by atoms with Crippen molar-refractivity contribution >= 4 is 0 Å². The van der Waals surface area contributed by atoms with Crippen molar-refractivity contribution in [2.24, 2.45) is 5.92 Å². The Morgan fingerprint density at radius 1 is 1.28 bits per heavy atom. The number of pyridine rings is 1. The summed E-state index contributed by atoms with van der Waals surface area (Å²) in [7, 11) is 0. The lowest BCUT2D eigenvalue weighted by Gasteiger charge is -2.26. The van der Waals surface area contributed by atoms with E-state index in [1.807, 2.05) is 12.4 Å². The van der Waals surface area contributed by atoms with Crippen molar-refractivity contribution in [3.8, 4) is 0 Å². The van der Waals surface area contributed by atoms with Crippen molar-refractivity contribution in [3.05, 3.63) is 30.1 Å². The average molecular weight is 247 g/mol. The standard InChI is InChI=1S/C15H25N3/c1-2-18(13-15-5-10-17-11-6-15)12-7-14-3-8-16-9-4-14/h5-6,10-11,14,16H,2-4,7-9,12-13H2,1H3. The van der Waals surface area contributed by atoms with Crippen LogP contribution in [0.25, 0.3) is 0 Å². The predicted octanol–water partition coefficient (Wildman–Crippen LogP) is 2.29. The van der Waals surface area contributed by atoms with Gasteiger partial charge in [-0.2, -0.15) is 0 Å². The molecule has 3 heteroatoms. The topological polar surface area (TPSA) is 28.2 Å². The molecule has 100 valence electrons. The van der Waals surface area contributed by atoms with E-state index in [0.717, 1.165) is 19.0 Å². The van der Waals surface area contributed by atoms with Crippen LogP contribution in [-0.4, -0.2) is 36.1 Å². The molecule has 1 aromatic heterocycles. The van der Waals surface area contributed by atoms with Gasteiger partial charge in [-0.05, 0) is 69.1 Å². The Hall–Kier alpha value is -0.930. The SMILES string of the molecule is CCN(CCC1CCNCC1)Cc1ccncc1. The van der Waals surface area contributed by atoms with Gasteiger partial charge in [-0.1, -0.05) is 6.92 Å². The first-order valence-corrected chi connectivity index (χ1v) is 7.20. The summed E-state index contributed by atoms with van der Waals surface area (Å²) in [5.74, 6) is 0.928. The van der Waals surface area contributed by atoms with Crippen LogP contribution in [0.2, 0.25) is 0 Å². The van der Waals surface area contributed by atoms with E-state index in [1.54, 1.807) is 0 Å². The monoisotopic (exact) mass is 247 g/mol. The first kappa shape index (κ1) is 13.5. The summed E-state index contributed by atoms with van der Waals surface area (Å²) < 4.78 is 0. The maximum atomic E-state index is 4.07. The molecule has 0 bridgehead atoms. The van der Waals surface area contributed by atoms with E-state index in [9.17, 15) is 0 Å². The molecule has 1 N–H and O–H groups in total. The summed E-state index contributed by atoms with van der Waals surface area (Å²) in [6, 6.07) is 4.24. The first-order valence-electron chi connectivity index (χ1n) is 7.20. The maximum absolute atomic E-state index is 4.07. The summed E-state index contributed by atoms with van der Waals surface area (Å²) in [6.45, 7) is 8.09. The fourth-order valence-corrected chi connectivity index (χ4v) is 2.63. The summed E-state index contributed by atoms with van der Waals surface area (Å²) in [5.41, 5.74) is 1.37. The van der Waals surface area contributed by atoms with Crippen molar-refractivity contribution in [1.82, 2.24) is 15.2 Å². The zero-order valence-electron chi connectivity index (χ0n) is 11.4.